The van der Waals surface area contributed by atoms with Crippen molar-refractivity contribution in [3.8, 4) is 0 Å². The van der Waals surface area contributed by atoms with Gasteiger partial charge in [0.15, 0.2) is 0 Å². The molecule has 0 fully saturated rings. The molecule has 0 bridgehead atoms. The summed E-state index contributed by atoms with van der Waals surface area (Å²) in [5.74, 6) is 1.23. The molecule has 2 aromatic rings. The molecule has 1 aliphatic rings. The van der Waals surface area contributed by atoms with E-state index < -0.39 is 0 Å². The molecule has 0 aromatic carbocycles. The highest BCUT2D eigenvalue weighted by molar-refractivity contribution is 5.76. The average molecular weight is 301 g/mol. The molecule has 3 rings (SSSR count). The van der Waals surface area contributed by atoms with Gasteiger partial charge >= 0.3 is 0 Å². The van der Waals surface area contributed by atoms with Gasteiger partial charge in [0, 0.05) is 43.9 Å². The number of imidazole rings is 1. The fourth-order valence-corrected chi connectivity index (χ4v) is 3.11. The van der Waals surface area contributed by atoms with Crippen molar-refractivity contribution in [3.05, 3.63) is 35.2 Å². The lowest BCUT2D eigenvalue weighted by Crippen LogP contribution is -2.41. The maximum Gasteiger partial charge on any atom is 0.222 e. The maximum atomic E-state index is 12.1. The SMILES string of the molecule is Cc1cn2c(n1)CCC(NC(=O)CCn1nc(C)cc1C)C2. The van der Waals surface area contributed by atoms with Gasteiger partial charge in [-0.15, -0.1) is 0 Å². The third-order valence-corrected chi connectivity index (χ3v) is 4.13. The highest BCUT2D eigenvalue weighted by atomic mass is 16.1. The molecule has 6 heteroatoms. The van der Waals surface area contributed by atoms with Gasteiger partial charge in [0.05, 0.1) is 11.4 Å². The normalized spacial score (nSPS) is 17.3. The second-order valence-electron chi connectivity index (χ2n) is 6.15. The van der Waals surface area contributed by atoms with E-state index in [1.807, 2.05) is 31.5 Å². The van der Waals surface area contributed by atoms with Gasteiger partial charge in [-0.25, -0.2) is 4.98 Å². The summed E-state index contributed by atoms with van der Waals surface area (Å²) in [6.07, 6.45) is 4.41. The highest BCUT2D eigenvalue weighted by Crippen LogP contribution is 2.15. The Morgan fingerprint density at radius 2 is 2.18 bits per heavy atom. The lowest BCUT2D eigenvalue weighted by Gasteiger charge is -2.24. The van der Waals surface area contributed by atoms with Crippen molar-refractivity contribution in [3.63, 3.8) is 0 Å². The van der Waals surface area contributed by atoms with Gasteiger partial charge in [-0.3, -0.25) is 9.48 Å². The number of nitrogens with one attached hydrogen (secondary N) is 1. The number of carbonyl (C=O) groups is 1. The fourth-order valence-electron chi connectivity index (χ4n) is 3.11. The molecule has 0 saturated heterocycles. The zero-order chi connectivity index (χ0) is 15.7. The smallest absolute Gasteiger partial charge is 0.222 e. The van der Waals surface area contributed by atoms with Crippen molar-refractivity contribution in [1.82, 2.24) is 24.6 Å². The van der Waals surface area contributed by atoms with E-state index in [0.29, 0.717) is 13.0 Å². The van der Waals surface area contributed by atoms with E-state index in [1.165, 1.54) is 0 Å². The Balaban J connectivity index is 1.51. The number of aromatic nitrogens is 4. The second kappa shape index (κ2) is 5.94. The van der Waals surface area contributed by atoms with Crippen LogP contribution in [0, 0.1) is 20.8 Å². The zero-order valence-electron chi connectivity index (χ0n) is 13.5. The topological polar surface area (TPSA) is 64.7 Å². The molecule has 1 atom stereocenters. The molecule has 6 nitrogen and oxygen atoms in total. The number of aryl methyl sites for hydroxylation is 5. The quantitative estimate of drug-likeness (QED) is 0.931. The van der Waals surface area contributed by atoms with E-state index in [9.17, 15) is 4.79 Å². The van der Waals surface area contributed by atoms with E-state index in [2.05, 4.69) is 26.2 Å². The summed E-state index contributed by atoms with van der Waals surface area (Å²) in [6.45, 7) is 7.45. The summed E-state index contributed by atoms with van der Waals surface area (Å²) < 4.78 is 4.05. The molecule has 0 spiro atoms. The number of amides is 1. The first kappa shape index (κ1) is 14.8. The van der Waals surface area contributed by atoms with Crippen molar-refractivity contribution in [2.24, 2.45) is 0 Å². The van der Waals surface area contributed by atoms with Gasteiger partial charge in [0.1, 0.15) is 5.82 Å². The Hall–Kier alpha value is -2.11. The van der Waals surface area contributed by atoms with Crippen LogP contribution in [0.1, 0.15) is 35.7 Å². The Morgan fingerprint density at radius 3 is 2.91 bits per heavy atom. The first-order valence-corrected chi connectivity index (χ1v) is 7.84. The van der Waals surface area contributed by atoms with Gasteiger partial charge in [0.2, 0.25) is 5.91 Å². The van der Waals surface area contributed by atoms with Crippen molar-refractivity contribution in [2.75, 3.05) is 0 Å². The molecule has 1 aliphatic heterocycles. The average Bonchev–Trinajstić information content (AvgIpc) is 2.97. The molecular weight excluding hydrogens is 278 g/mol. The molecular formula is C16H23N5O. The number of rotatable bonds is 4. The monoisotopic (exact) mass is 301 g/mol. The first-order chi connectivity index (χ1) is 10.5. The van der Waals surface area contributed by atoms with Gasteiger partial charge < -0.3 is 9.88 Å². The van der Waals surface area contributed by atoms with Gasteiger partial charge in [-0.1, -0.05) is 0 Å². The van der Waals surface area contributed by atoms with Crippen LogP contribution in [0.5, 0.6) is 0 Å². The minimum atomic E-state index is 0.0952. The van der Waals surface area contributed by atoms with Crippen molar-refractivity contribution in [2.45, 2.75) is 59.2 Å². The van der Waals surface area contributed by atoms with Gasteiger partial charge in [-0.05, 0) is 33.3 Å². The number of nitrogens with zero attached hydrogens (tertiary/aromatic N) is 4. The van der Waals surface area contributed by atoms with Crippen LogP contribution in [-0.2, 0) is 24.3 Å². The summed E-state index contributed by atoms with van der Waals surface area (Å²) in [7, 11) is 0. The minimum absolute atomic E-state index is 0.0952. The summed E-state index contributed by atoms with van der Waals surface area (Å²) in [5, 5.41) is 7.52. The van der Waals surface area contributed by atoms with Crippen molar-refractivity contribution in [1.29, 1.82) is 0 Å². The molecule has 1 unspecified atom stereocenters. The van der Waals surface area contributed by atoms with E-state index in [4.69, 9.17) is 0 Å². The predicted octanol–water partition coefficient (Wildman–Crippen LogP) is 1.53. The van der Waals surface area contributed by atoms with Gasteiger partial charge in [0.25, 0.3) is 0 Å². The summed E-state index contributed by atoms with van der Waals surface area (Å²) in [4.78, 5) is 16.6. The number of hydrogen-bond donors (Lipinski definition) is 1. The Labute approximate surface area is 130 Å². The van der Waals surface area contributed by atoms with E-state index in [0.717, 1.165) is 42.3 Å². The number of carbonyl (C=O) groups excluding carboxylic acids is 1. The number of fused-ring (bicyclic) bond motifs is 1. The van der Waals surface area contributed by atoms with E-state index in [-0.39, 0.29) is 11.9 Å². The standard InChI is InChI=1S/C16H23N5O/c1-11-8-13(3)21(19-11)7-6-16(22)18-14-4-5-15-17-12(2)9-20(15)10-14/h8-9,14H,4-7,10H2,1-3H3,(H,18,22). The summed E-state index contributed by atoms with van der Waals surface area (Å²) in [6, 6.07) is 2.23. The van der Waals surface area contributed by atoms with Crippen LogP contribution in [0.2, 0.25) is 0 Å². The highest BCUT2D eigenvalue weighted by Gasteiger charge is 2.21. The zero-order valence-corrected chi connectivity index (χ0v) is 13.5. The minimum Gasteiger partial charge on any atom is -0.352 e. The molecule has 3 heterocycles. The van der Waals surface area contributed by atoms with Crippen molar-refractivity contribution >= 4 is 5.91 Å². The first-order valence-electron chi connectivity index (χ1n) is 7.84. The molecule has 2 aromatic heterocycles. The lowest BCUT2D eigenvalue weighted by molar-refractivity contribution is -0.122. The maximum absolute atomic E-state index is 12.1. The molecule has 1 amide bonds. The van der Waals surface area contributed by atoms with Crippen LogP contribution in [-0.4, -0.2) is 31.3 Å². The van der Waals surface area contributed by atoms with Crippen LogP contribution >= 0.6 is 0 Å². The summed E-state index contributed by atoms with van der Waals surface area (Å²) in [5.41, 5.74) is 3.14. The van der Waals surface area contributed by atoms with E-state index >= 15 is 0 Å². The predicted molar refractivity (Wildman–Crippen MR) is 83.5 cm³/mol. The third kappa shape index (κ3) is 3.21. The molecule has 0 radical (unpaired) electrons. The van der Waals surface area contributed by atoms with Crippen molar-refractivity contribution < 1.29 is 4.79 Å². The summed E-state index contributed by atoms with van der Waals surface area (Å²) >= 11 is 0. The fraction of sp³-hybridized carbons (Fsp3) is 0.562. The van der Waals surface area contributed by atoms with Crippen LogP contribution < -0.4 is 5.32 Å². The van der Waals surface area contributed by atoms with Crippen LogP contribution in [0.4, 0.5) is 0 Å². The van der Waals surface area contributed by atoms with Crippen LogP contribution in [0.3, 0.4) is 0 Å². The molecule has 0 aliphatic carbocycles. The van der Waals surface area contributed by atoms with Gasteiger partial charge in [-0.2, -0.15) is 5.10 Å². The second-order valence-corrected chi connectivity index (χ2v) is 6.15. The molecule has 1 N–H and O–H groups in total. The lowest BCUT2D eigenvalue weighted by atomic mass is 10.1. The Kier molecular flexibility index (Phi) is 4.00. The van der Waals surface area contributed by atoms with E-state index in [1.54, 1.807) is 0 Å². The Morgan fingerprint density at radius 1 is 1.36 bits per heavy atom. The molecule has 22 heavy (non-hydrogen) atoms. The van der Waals surface area contributed by atoms with Crippen LogP contribution in [0.15, 0.2) is 12.3 Å². The number of hydrogen-bond acceptors (Lipinski definition) is 3. The van der Waals surface area contributed by atoms with Crippen LogP contribution in [0.25, 0.3) is 0 Å². The molecule has 118 valence electrons. The molecule has 0 saturated carbocycles. The third-order valence-electron chi connectivity index (χ3n) is 4.13. The largest absolute Gasteiger partial charge is 0.352 e. The Bertz CT molecular complexity index is 685.